The van der Waals surface area contributed by atoms with Gasteiger partial charge in [-0.25, -0.2) is 4.39 Å². The van der Waals surface area contributed by atoms with Crippen LogP contribution in [0, 0.1) is 5.82 Å². The van der Waals surface area contributed by atoms with Crippen molar-refractivity contribution in [2.75, 3.05) is 33.7 Å². The van der Waals surface area contributed by atoms with Gasteiger partial charge >= 0.3 is 0 Å². The summed E-state index contributed by atoms with van der Waals surface area (Å²) in [5, 5.41) is 6.37. The molecule has 8 heteroatoms. The number of ether oxygens (including phenoxy) is 3. The molecular weight excluding hydrogens is 464 g/mol. The topological polar surface area (TPSA) is 64.1 Å². The van der Waals surface area contributed by atoms with Crippen LogP contribution < -0.4 is 20.1 Å². The third-order valence-corrected chi connectivity index (χ3v) is 3.74. The number of rotatable bonds is 7. The molecule has 0 aliphatic rings. The van der Waals surface area contributed by atoms with Gasteiger partial charge in [0.25, 0.3) is 0 Å². The maximum atomic E-state index is 13.7. The van der Waals surface area contributed by atoms with E-state index in [9.17, 15) is 4.39 Å². The van der Waals surface area contributed by atoms with Gasteiger partial charge in [-0.15, -0.1) is 24.0 Å². The zero-order valence-electron chi connectivity index (χ0n) is 15.8. The lowest BCUT2D eigenvalue weighted by atomic mass is 10.1. The highest BCUT2D eigenvalue weighted by atomic mass is 127. The van der Waals surface area contributed by atoms with E-state index >= 15 is 0 Å². The molecule has 27 heavy (non-hydrogen) atoms. The molecule has 0 aliphatic heterocycles. The second kappa shape index (κ2) is 11.6. The lowest BCUT2D eigenvalue weighted by Gasteiger charge is -2.14. The van der Waals surface area contributed by atoms with Crippen molar-refractivity contribution in [3.05, 3.63) is 53.3 Å². The fourth-order valence-corrected chi connectivity index (χ4v) is 2.42. The minimum Gasteiger partial charge on any atom is -0.493 e. The fraction of sp³-hybridized carbons (Fsp3) is 0.316. The average Bonchev–Trinajstić information content (AvgIpc) is 2.67. The van der Waals surface area contributed by atoms with Gasteiger partial charge in [-0.2, -0.15) is 0 Å². The van der Waals surface area contributed by atoms with Crippen molar-refractivity contribution in [3.63, 3.8) is 0 Å². The van der Waals surface area contributed by atoms with Gasteiger partial charge < -0.3 is 24.8 Å². The Kier molecular flexibility index (Phi) is 9.87. The number of aliphatic imine (C=N–C) groups is 1. The molecule has 0 fully saturated rings. The van der Waals surface area contributed by atoms with Gasteiger partial charge in [0.15, 0.2) is 17.5 Å². The van der Waals surface area contributed by atoms with Crippen LogP contribution in [0.1, 0.15) is 11.1 Å². The first-order valence-corrected chi connectivity index (χ1v) is 8.07. The van der Waals surface area contributed by atoms with E-state index in [2.05, 4.69) is 15.6 Å². The highest BCUT2D eigenvalue weighted by molar-refractivity contribution is 14.0. The van der Waals surface area contributed by atoms with E-state index in [-0.39, 0.29) is 36.4 Å². The van der Waals surface area contributed by atoms with E-state index < -0.39 is 0 Å². The molecule has 0 amide bonds. The normalized spacial score (nSPS) is 10.8. The van der Waals surface area contributed by atoms with Gasteiger partial charge in [-0.3, -0.25) is 4.99 Å². The predicted molar refractivity (Wildman–Crippen MR) is 116 cm³/mol. The van der Waals surface area contributed by atoms with Crippen LogP contribution in [0.25, 0.3) is 0 Å². The standard InChI is InChI=1S/C19H24FN3O3.HI/c1-21-19(23-15-6-8-17(25-3)18(10-15)26-4)22-11-13-5-7-16(20)14(9-13)12-24-2;/h5-10H,11-12H2,1-4H3,(H2,21,22,23);1H. The Morgan fingerprint density at radius 1 is 1.04 bits per heavy atom. The molecular formula is C19H25FIN3O3. The quantitative estimate of drug-likeness (QED) is 0.352. The van der Waals surface area contributed by atoms with Crippen molar-refractivity contribution in [1.29, 1.82) is 0 Å². The number of nitrogens with one attached hydrogen (secondary N) is 2. The first-order chi connectivity index (χ1) is 12.6. The van der Waals surface area contributed by atoms with E-state index in [4.69, 9.17) is 14.2 Å². The van der Waals surface area contributed by atoms with E-state index in [1.54, 1.807) is 40.5 Å². The lowest BCUT2D eigenvalue weighted by molar-refractivity contribution is 0.181. The van der Waals surface area contributed by atoms with Crippen LogP contribution in [-0.4, -0.2) is 34.3 Å². The Balaban J connectivity index is 0.00000364. The summed E-state index contributed by atoms with van der Waals surface area (Å²) in [5.74, 6) is 1.58. The number of anilines is 1. The number of hydrogen-bond donors (Lipinski definition) is 2. The number of hydrogen-bond acceptors (Lipinski definition) is 4. The zero-order valence-corrected chi connectivity index (χ0v) is 18.2. The number of methoxy groups -OCH3 is 3. The summed E-state index contributed by atoms with van der Waals surface area (Å²) in [4.78, 5) is 4.20. The summed E-state index contributed by atoms with van der Waals surface area (Å²) in [6, 6.07) is 10.4. The molecule has 0 aromatic heterocycles. The minimum atomic E-state index is -0.275. The number of benzene rings is 2. The van der Waals surface area contributed by atoms with E-state index in [0.29, 0.717) is 29.6 Å². The monoisotopic (exact) mass is 489 g/mol. The van der Waals surface area contributed by atoms with Crippen LogP contribution >= 0.6 is 24.0 Å². The molecule has 0 saturated heterocycles. The van der Waals surface area contributed by atoms with Gasteiger partial charge in [0, 0.05) is 38.0 Å². The Bertz CT molecular complexity index is 772. The van der Waals surface area contributed by atoms with Gasteiger partial charge in [0.1, 0.15) is 5.82 Å². The summed E-state index contributed by atoms with van der Waals surface area (Å²) >= 11 is 0. The molecule has 0 bridgehead atoms. The molecule has 2 aromatic carbocycles. The third-order valence-electron chi connectivity index (χ3n) is 3.74. The van der Waals surface area contributed by atoms with Crippen LogP contribution in [0.3, 0.4) is 0 Å². The van der Waals surface area contributed by atoms with E-state index in [0.717, 1.165) is 11.3 Å². The Morgan fingerprint density at radius 3 is 2.41 bits per heavy atom. The lowest BCUT2D eigenvalue weighted by Crippen LogP contribution is -2.30. The largest absolute Gasteiger partial charge is 0.493 e. The van der Waals surface area contributed by atoms with Gasteiger partial charge in [0.05, 0.1) is 20.8 Å². The Labute approximate surface area is 176 Å². The Hall–Kier alpha value is -2.07. The third kappa shape index (κ3) is 6.55. The van der Waals surface area contributed by atoms with Crippen molar-refractivity contribution in [2.24, 2.45) is 4.99 Å². The van der Waals surface area contributed by atoms with Crippen LogP contribution in [0.4, 0.5) is 10.1 Å². The summed E-state index contributed by atoms with van der Waals surface area (Å²) in [7, 11) is 6.39. The Morgan fingerprint density at radius 2 is 1.78 bits per heavy atom. The van der Waals surface area contributed by atoms with Gasteiger partial charge in [-0.1, -0.05) is 6.07 Å². The SMILES string of the molecule is CN=C(NCc1ccc(F)c(COC)c1)Nc1ccc(OC)c(OC)c1.I. The van der Waals surface area contributed by atoms with Crippen LogP contribution in [0.15, 0.2) is 41.4 Å². The maximum Gasteiger partial charge on any atom is 0.195 e. The molecule has 0 aliphatic carbocycles. The highest BCUT2D eigenvalue weighted by Crippen LogP contribution is 2.29. The van der Waals surface area contributed by atoms with Crippen LogP contribution in [0.5, 0.6) is 11.5 Å². The van der Waals surface area contributed by atoms with Crippen molar-refractivity contribution in [2.45, 2.75) is 13.2 Å². The molecule has 0 saturated carbocycles. The maximum absolute atomic E-state index is 13.7. The van der Waals surface area contributed by atoms with Crippen molar-refractivity contribution < 1.29 is 18.6 Å². The molecule has 2 rings (SSSR count). The fourth-order valence-electron chi connectivity index (χ4n) is 2.42. The second-order valence-electron chi connectivity index (χ2n) is 5.48. The van der Waals surface area contributed by atoms with E-state index in [1.807, 2.05) is 18.2 Å². The minimum absolute atomic E-state index is 0. The summed E-state index contributed by atoms with van der Waals surface area (Å²) < 4.78 is 29.2. The number of halogens is 2. The highest BCUT2D eigenvalue weighted by Gasteiger charge is 2.07. The average molecular weight is 489 g/mol. The summed E-state index contributed by atoms with van der Waals surface area (Å²) in [6.45, 7) is 0.724. The number of nitrogens with zero attached hydrogens (tertiary/aromatic N) is 1. The van der Waals surface area contributed by atoms with Crippen molar-refractivity contribution in [3.8, 4) is 11.5 Å². The molecule has 2 N–H and O–H groups in total. The molecule has 0 unspecified atom stereocenters. The zero-order chi connectivity index (χ0) is 18.9. The molecule has 6 nitrogen and oxygen atoms in total. The molecule has 2 aromatic rings. The molecule has 0 radical (unpaired) electrons. The first-order valence-electron chi connectivity index (χ1n) is 8.07. The smallest absolute Gasteiger partial charge is 0.195 e. The van der Waals surface area contributed by atoms with Crippen molar-refractivity contribution >= 4 is 35.6 Å². The van der Waals surface area contributed by atoms with Crippen molar-refractivity contribution in [1.82, 2.24) is 5.32 Å². The van der Waals surface area contributed by atoms with Crippen LogP contribution in [0.2, 0.25) is 0 Å². The molecule has 0 heterocycles. The summed E-state index contributed by atoms with van der Waals surface area (Å²) in [6.07, 6.45) is 0. The van der Waals surface area contributed by atoms with Gasteiger partial charge in [0.2, 0.25) is 0 Å². The number of guanidine groups is 1. The van der Waals surface area contributed by atoms with Gasteiger partial charge in [-0.05, 0) is 29.8 Å². The predicted octanol–water partition coefficient (Wildman–Crippen LogP) is 3.79. The first kappa shape index (κ1) is 23.0. The molecule has 0 spiro atoms. The molecule has 148 valence electrons. The second-order valence-corrected chi connectivity index (χ2v) is 5.48. The van der Waals surface area contributed by atoms with E-state index in [1.165, 1.54) is 6.07 Å². The van der Waals surface area contributed by atoms with Crippen LogP contribution in [-0.2, 0) is 17.9 Å². The molecule has 0 atom stereocenters. The summed E-state index contributed by atoms with van der Waals surface area (Å²) in [5.41, 5.74) is 2.25.